The van der Waals surface area contributed by atoms with Crippen molar-refractivity contribution in [3.8, 4) is 22.8 Å². The molecular weight excluding hydrogens is 548 g/mol. The van der Waals surface area contributed by atoms with Crippen LogP contribution in [0.2, 0.25) is 0 Å². The van der Waals surface area contributed by atoms with E-state index >= 15 is 0 Å². The molecule has 43 heavy (non-hydrogen) atoms. The van der Waals surface area contributed by atoms with Gasteiger partial charge in [-0.2, -0.15) is 15.3 Å². The summed E-state index contributed by atoms with van der Waals surface area (Å²) >= 11 is 0. The number of carbonyl (C=O) groups excluding carboxylic acids is 2. The van der Waals surface area contributed by atoms with Gasteiger partial charge in [0.1, 0.15) is 17.8 Å². The molecule has 1 aromatic carbocycles. The Labute approximate surface area is 248 Å². The molecule has 0 aliphatic carbocycles. The molecule has 0 atom stereocenters. The number of pyridine rings is 1. The Hall–Kier alpha value is -5.24. The lowest BCUT2D eigenvalue weighted by molar-refractivity contribution is 0.0647. The number of amides is 2. The van der Waals surface area contributed by atoms with Crippen molar-refractivity contribution in [2.45, 2.75) is 19.4 Å². The first-order valence-corrected chi connectivity index (χ1v) is 14.0. The molecule has 6 rings (SSSR count). The minimum atomic E-state index is -0.327. The van der Waals surface area contributed by atoms with E-state index in [-0.39, 0.29) is 17.5 Å². The lowest BCUT2D eigenvalue weighted by Gasteiger charge is -2.30. The van der Waals surface area contributed by atoms with E-state index in [2.05, 4.69) is 35.6 Å². The Bertz CT molecular complexity index is 1660. The SMILES string of the molecule is Cn1nc(-c2ccncc2)nc1CCN.Cn1ncc(C(=O)N2CCC2)c1C(=O)NCCn1cnc(-c2ccccc2)n1. The minimum Gasteiger partial charge on any atom is -0.349 e. The van der Waals surface area contributed by atoms with Gasteiger partial charge in [-0.3, -0.25) is 28.6 Å². The number of rotatable bonds is 9. The standard InChI is InChI=1S/C19H21N7O2.C10H13N5/c1-24-16(15(12-22-24)19(28)25-9-5-10-25)18(27)20-8-11-26-13-21-17(23-26)14-6-3-2-4-7-14;1-15-9(2-5-11)13-10(14-15)8-3-6-12-7-4-8/h2-4,6-7,12-13H,5,8-11H2,1H3,(H,20,27);3-4,6-7H,2,5,11H2,1H3. The minimum absolute atomic E-state index is 0.145. The van der Waals surface area contributed by atoms with Crippen molar-refractivity contribution in [1.29, 1.82) is 0 Å². The molecule has 14 heteroatoms. The maximum absolute atomic E-state index is 12.6. The molecule has 0 radical (unpaired) electrons. The summed E-state index contributed by atoms with van der Waals surface area (Å²) in [5.74, 6) is 1.80. The van der Waals surface area contributed by atoms with Crippen LogP contribution < -0.4 is 11.1 Å². The largest absolute Gasteiger partial charge is 0.349 e. The van der Waals surface area contributed by atoms with Gasteiger partial charge in [0.05, 0.1) is 18.3 Å². The van der Waals surface area contributed by atoms with E-state index in [0.29, 0.717) is 31.0 Å². The zero-order valence-electron chi connectivity index (χ0n) is 24.2. The van der Waals surface area contributed by atoms with E-state index in [1.54, 1.807) is 40.0 Å². The molecule has 5 aromatic rings. The quantitative estimate of drug-likeness (QED) is 0.261. The number of likely N-dealkylation sites (tertiary alicyclic amines) is 1. The molecule has 1 saturated heterocycles. The van der Waals surface area contributed by atoms with E-state index in [1.165, 1.54) is 10.9 Å². The first-order valence-electron chi connectivity index (χ1n) is 14.0. The summed E-state index contributed by atoms with van der Waals surface area (Å²) in [5, 5.41) is 15.7. The summed E-state index contributed by atoms with van der Waals surface area (Å²) in [6, 6.07) is 13.5. The van der Waals surface area contributed by atoms with Gasteiger partial charge in [-0.15, -0.1) is 0 Å². The first-order chi connectivity index (χ1) is 20.9. The third-order valence-corrected chi connectivity index (χ3v) is 6.88. The maximum Gasteiger partial charge on any atom is 0.270 e. The molecule has 1 aliphatic rings. The molecule has 222 valence electrons. The molecule has 0 spiro atoms. The fraction of sp³-hybridized carbons (Fsp3) is 0.310. The molecule has 5 heterocycles. The number of nitrogens with two attached hydrogens (primary N) is 1. The monoisotopic (exact) mass is 582 g/mol. The van der Waals surface area contributed by atoms with Crippen molar-refractivity contribution in [2.24, 2.45) is 19.8 Å². The van der Waals surface area contributed by atoms with Crippen LogP contribution >= 0.6 is 0 Å². The molecule has 0 unspecified atom stereocenters. The summed E-state index contributed by atoms with van der Waals surface area (Å²) in [7, 11) is 3.54. The fourth-order valence-corrected chi connectivity index (χ4v) is 4.43. The molecule has 3 N–H and O–H groups in total. The van der Waals surface area contributed by atoms with E-state index < -0.39 is 0 Å². The Morgan fingerprint density at radius 3 is 2.40 bits per heavy atom. The molecule has 4 aromatic heterocycles. The smallest absolute Gasteiger partial charge is 0.270 e. The number of aromatic nitrogens is 9. The van der Waals surface area contributed by atoms with Crippen LogP contribution in [0.15, 0.2) is 67.4 Å². The van der Waals surface area contributed by atoms with Gasteiger partial charge in [-0.1, -0.05) is 30.3 Å². The van der Waals surface area contributed by atoms with E-state index in [1.807, 2.05) is 49.5 Å². The number of carbonyl (C=O) groups is 2. The highest BCUT2D eigenvalue weighted by molar-refractivity contribution is 6.06. The predicted octanol–water partition coefficient (Wildman–Crippen LogP) is 1.33. The van der Waals surface area contributed by atoms with Crippen LogP contribution in [0, 0.1) is 0 Å². The molecule has 14 nitrogen and oxygen atoms in total. The Morgan fingerprint density at radius 2 is 1.70 bits per heavy atom. The van der Waals surface area contributed by atoms with Crippen molar-refractivity contribution in [2.75, 3.05) is 26.2 Å². The van der Waals surface area contributed by atoms with Gasteiger partial charge in [-0.25, -0.2) is 9.97 Å². The van der Waals surface area contributed by atoms with Crippen LogP contribution in [-0.2, 0) is 27.1 Å². The van der Waals surface area contributed by atoms with E-state index in [9.17, 15) is 9.59 Å². The Morgan fingerprint density at radius 1 is 0.953 bits per heavy atom. The lowest BCUT2D eigenvalue weighted by Crippen LogP contribution is -2.43. The molecule has 2 amide bonds. The predicted molar refractivity (Wildman–Crippen MR) is 159 cm³/mol. The van der Waals surface area contributed by atoms with Gasteiger partial charge < -0.3 is 16.0 Å². The van der Waals surface area contributed by atoms with Gasteiger partial charge in [0.15, 0.2) is 11.6 Å². The third kappa shape index (κ3) is 6.98. The van der Waals surface area contributed by atoms with Crippen LogP contribution in [-0.4, -0.2) is 87.2 Å². The van der Waals surface area contributed by atoms with Crippen LogP contribution in [0.25, 0.3) is 22.8 Å². The van der Waals surface area contributed by atoms with E-state index in [0.717, 1.165) is 48.7 Å². The highest BCUT2D eigenvalue weighted by Crippen LogP contribution is 2.16. The first kappa shape index (κ1) is 29.3. The summed E-state index contributed by atoms with van der Waals surface area (Å²) in [5.41, 5.74) is 8.02. The highest BCUT2D eigenvalue weighted by Gasteiger charge is 2.28. The van der Waals surface area contributed by atoms with Crippen molar-refractivity contribution >= 4 is 11.8 Å². The molecule has 1 aliphatic heterocycles. The van der Waals surface area contributed by atoms with Gasteiger partial charge in [0, 0.05) is 63.7 Å². The van der Waals surface area contributed by atoms with Crippen LogP contribution in [0.3, 0.4) is 0 Å². The summed E-state index contributed by atoms with van der Waals surface area (Å²) < 4.78 is 4.88. The van der Waals surface area contributed by atoms with E-state index in [4.69, 9.17) is 5.73 Å². The number of nitrogens with one attached hydrogen (secondary N) is 1. The maximum atomic E-state index is 12.6. The van der Waals surface area contributed by atoms with Crippen LogP contribution in [0.4, 0.5) is 0 Å². The molecule has 0 bridgehead atoms. The third-order valence-electron chi connectivity index (χ3n) is 6.88. The summed E-state index contributed by atoms with van der Waals surface area (Å²) in [4.78, 5) is 39.5. The molecule has 0 saturated carbocycles. The average molecular weight is 583 g/mol. The number of benzene rings is 1. The average Bonchev–Trinajstić information content (AvgIpc) is 3.72. The fourth-order valence-electron chi connectivity index (χ4n) is 4.43. The Balaban J connectivity index is 0.000000207. The number of hydrogen-bond donors (Lipinski definition) is 2. The molecule has 1 fully saturated rings. The van der Waals surface area contributed by atoms with Crippen molar-refractivity contribution in [3.63, 3.8) is 0 Å². The zero-order chi connectivity index (χ0) is 30.2. The lowest BCUT2D eigenvalue weighted by atomic mass is 10.1. The van der Waals surface area contributed by atoms with Gasteiger partial charge in [0.25, 0.3) is 11.8 Å². The zero-order valence-corrected chi connectivity index (χ0v) is 24.2. The van der Waals surface area contributed by atoms with Crippen LogP contribution in [0.5, 0.6) is 0 Å². The second-order valence-electron chi connectivity index (χ2n) is 9.88. The number of aryl methyl sites for hydroxylation is 2. The second kappa shape index (κ2) is 13.6. The van der Waals surface area contributed by atoms with Crippen molar-refractivity contribution in [1.82, 2.24) is 54.5 Å². The number of hydrogen-bond acceptors (Lipinski definition) is 9. The second-order valence-corrected chi connectivity index (χ2v) is 9.88. The van der Waals surface area contributed by atoms with Crippen molar-refractivity contribution in [3.05, 3.63) is 84.5 Å². The van der Waals surface area contributed by atoms with Gasteiger partial charge in [-0.05, 0) is 25.1 Å². The number of nitrogens with zero attached hydrogens (tertiary/aromatic N) is 10. The van der Waals surface area contributed by atoms with Gasteiger partial charge >= 0.3 is 0 Å². The summed E-state index contributed by atoms with van der Waals surface area (Å²) in [6.45, 7) is 2.87. The Kier molecular flexibility index (Phi) is 9.26. The highest BCUT2D eigenvalue weighted by atomic mass is 16.2. The molecular formula is C29H34N12O2. The summed E-state index contributed by atoms with van der Waals surface area (Å²) in [6.07, 6.45) is 8.30. The van der Waals surface area contributed by atoms with Crippen LogP contribution in [0.1, 0.15) is 33.1 Å². The normalized spacial score (nSPS) is 12.3. The topological polar surface area (TPSA) is 168 Å². The van der Waals surface area contributed by atoms with Crippen molar-refractivity contribution < 1.29 is 9.59 Å². The van der Waals surface area contributed by atoms with Gasteiger partial charge in [0.2, 0.25) is 0 Å².